The van der Waals surface area contributed by atoms with E-state index in [4.69, 9.17) is 14.7 Å². The number of halogens is 1. The second-order valence-corrected chi connectivity index (χ2v) is 9.36. The van der Waals surface area contributed by atoms with Crippen LogP contribution in [0.1, 0.15) is 11.4 Å². The normalized spacial score (nSPS) is 14.1. The van der Waals surface area contributed by atoms with E-state index in [9.17, 15) is 4.79 Å². The minimum atomic E-state index is -0.556. The van der Waals surface area contributed by atoms with Gasteiger partial charge in [-0.25, -0.2) is 33.4 Å². The largest absolute Gasteiger partial charge is 0.378 e. The first-order valence-corrected chi connectivity index (χ1v) is 12.8. The molecule has 0 unspecified atom stereocenters. The summed E-state index contributed by atoms with van der Waals surface area (Å²) in [6, 6.07) is 18.6. The molecule has 2 aromatic carbocycles. The minimum Gasteiger partial charge on any atom is -0.378 e. The molecule has 198 valence electrons. The van der Waals surface area contributed by atoms with Crippen LogP contribution in [0.4, 0.5) is 10.1 Å². The second kappa shape index (κ2) is 9.86. The monoisotopic (exact) mass is 534 g/mol. The number of benzene rings is 2. The van der Waals surface area contributed by atoms with Gasteiger partial charge in [-0.15, -0.1) is 0 Å². The zero-order valence-corrected chi connectivity index (χ0v) is 21.2. The maximum Gasteiger partial charge on any atom is 0.361 e. The van der Waals surface area contributed by atoms with Crippen molar-refractivity contribution in [1.82, 2.24) is 34.3 Å². The Morgan fingerprint density at radius 3 is 2.65 bits per heavy atom. The first kappa shape index (κ1) is 23.9. The Balaban J connectivity index is 1.37. The number of hydrogen-bond donors (Lipinski definition) is 1. The van der Waals surface area contributed by atoms with Crippen LogP contribution in [0.25, 0.3) is 45.6 Å². The number of nitrogens with zero attached hydrogens (tertiary/aromatic N) is 7. The number of hydrogen-bond acceptors (Lipinski definition) is 7. The molecule has 0 amide bonds. The number of ether oxygens (including phenoxy) is 1. The van der Waals surface area contributed by atoms with Crippen LogP contribution < -0.4 is 10.6 Å². The van der Waals surface area contributed by atoms with Gasteiger partial charge in [-0.05, 0) is 42.5 Å². The van der Waals surface area contributed by atoms with E-state index in [1.54, 1.807) is 22.8 Å². The molecule has 0 saturated carbocycles. The van der Waals surface area contributed by atoms with E-state index in [1.165, 1.54) is 17.1 Å². The van der Waals surface area contributed by atoms with Gasteiger partial charge in [0.15, 0.2) is 5.65 Å². The molecule has 1 aliphatic rings. The Morgan fingerprint density at radius 2 is 1.82 bits per heavy atom. The highest BCUT2D eigenvalue weighted by Crippen LogP contribution is 2.32. The zero-order valence-electron chi connectivity index (χ0n) is 21.2. The first-order chi connectivity index (χ1) is 19.6. The third-order valence-corrected chi connectivity index (χ3v) is 6.90. The van der Waals surface area contributed by atoms with Crippen LogP contribution in [0.3, 0.4) is 0 Å². The smallest absolute Gasteiger partial charge is 0.361 e. The average molecular weight is 535 g/mol. The predicted molar refractivity (Wildman–Crippen MR) is 150 cm³/mol. The Kier molecular flexibility index (Phi) is 5.90. The summed E-state index contributed by atoms with van der Waals surface area (Å²) in [5.74, 6) is -0.531. The molecular formula is C29H23FN8O2. The molecule has 4 aromatic heterocycles. The van der Waals surface area contributed by atoms with Crippen molar-refractivity contribution in [2.75, 3.05) is 31.2 Å². The van der Waals surface area contributed by atoms with Gasteiger partial charge in [0.1, 0.15) is 23.5 Å². The molecule has 11 heteroatoms. The maximum absolute atomic E-state index is 15.4. The van der Waals surface area contributed by atoms with E-state index < -0.39 is 11.5 Å². The maximum atomic E-state index is 15.4. The number of H-pyrrole nitrogens is 1. The van der Waals surface area contributed by atoms with Crippen LogP contribution in [0, 0.1) is 5.82 Å². The lowest BCUT2D eigenvalue weighted by Crippen LogP contribution is -2.36. The average Bonchev–Trinajstić information content (AvgIpc) is 3.59. The van der Waals surface area contributed by atoms with Crippen LogP contribution in [0.2, 0.25) is 0 Å². The van der Waals surface area contributed by atoms with Gasteiger partial charge in [0.2, 0.25) is 0 Å². The van der Waals surface area contributed by atoms with E-state index in [0.29, 0.717) is 35.8 Å². The zero-order chi connectivity index (χ0) is 27.1. The van der Waals surface area contributed by atoms with Crippen molar-refractivity contribution in [3.63, 3.8) is 0 Å². The number of nitrogens with one attached hydrogen (secondary N) is 1. The molecule has 0 atom stereocenters. The number of aromatic nitrogens is 7. The first-order valence-electron chi connectivity index (χ1n) is 12.8. The highest BCUT2D eigenvalue weighted by atomic mass is 19.1. The fraction of sp³-hybridized carbons (Fsp3) is 0.138. The van der Waals surface area contributed by atoms with Gasteiger partial charge in [-0.2, -0.15) is 10.1 Å². The lowest BCUT2D eigenvalue weighted by Gasteiger charge is -2.28. The van der Waals surface area contributed by atoms with Gasteiger partial charge < -0.3 is 9.64 Å². The van der Waals surface area contributed by atoms with Crippen LogP contribution in [0.15, 0.2) is 78.0 Å². The molecule has 1 N–H and O–H groups in total. The quantitative estimate of drug-likeness (QED) is 0.357. The third-order valence-electron chi connectivity index (χ3n) is 6.90. The summed E-state index contributed by atoms with van der Waals surface area (Å²) < 4.78 is 23.9. The summed E-state index contributed by atoms with van der Waals surface area (Å²) in [4.78, 5) is 27.0. The SMILES string of the molecule is O=c1ncn(-c2ccc(-c3c(/C=C/c4ccc5ccccc5n4)nc4c(N5CCOCC5)ccnn34)cc2F)[nH]1. The van der Waals surface area contributed by atoms with Crippen molar-refractivity contribution in [1.29, 1.82) is 0 Å². The number of fused-ring (bicyclic) bond motifs is 2. The van der Waals surface area contributed by atoms with Crippen LogP contribution in [-0.4, -0.2) is 60.6 Å². The number of rotatable bonds is 5. The Labute approximate surface area is 227 Å². The molecule has 5 heterocycles. The molecule has 6 aromatic rings. The summed E-state index contributed by atoms with van der Waals surface area (Å²) in [6.45, 7) is 2.73. The van der Waals surface area contributed by atoms with Gasteiger partial charge in [0.25, 0.3) is 0 Å². The molecule has 10 nitrogen and oxygen atoms in total. The highest BCUT2D eigenvalue weighted by molar-refractivity contribution is 5.84. The molecule has 1 saturated heterocycles. The Bertz CT molecular complexity index is 1950. The van der Waals surface area contributed by atoms with Crippen molar-refractivity contribution in [3.8, 4) is 16.9 Å². The molecular weight excluding hydrogens is 511 g/mol. The molecule has 40 heavy (non-hydrogen) atoms. The lowest BCUT2D eigenvalue weighted by atomic mass is 10.1. The van der Waals surface area contributed by atoms with Gasteiger partial charge >= 0.3 is 5.69 Å². The predicted octanol–water partition coefficient (Wildman–Crippen LogP) is 3.96. The van der Waals surface area contributed by atoms with Crippen molar-refractivity contribution in [2.24, 2.45) is 0 Å². The lowest BCUT2D eigenvalue weighted by molar-refractivity contribution is 0.123. The van der Waals surface area contributed by atoms with E-state index >= 15 is 4.39 Å². The summed E-state index contributed by atoms with van der Waals surface area (Å²) in [6.07, 6.45) is 6.74. The fourth-order valence-corrected chi connectivity index (χ4v) is 4.97. The van der Waals surface area contributed by atoms with Crippen molar-refractivity contribution in [3.05, 3.63) is 101 Å². The van der Waals surface area contributed by atoms with Crippen LogP contribution in [-0.2, 0) is 4.74 Å². The molecule has 0 radical (unpaired) electrons. The standard InChI is InChI=1S/C29H23FN8O2/c30-22-17-20(6-10-25(22)37-18-31-29(39)35-37)27-24(9-8-21-7-5-19-3-1-2-4-23(19)33-21)34-28-26(11-12-32-38(27)28)36-13-15-40-16-14-36/h1-12,17-18H,13-16H2,(H,35,39)/b9-8+. The molecule has 1 fully saturated rings. The number of anilines is 1. The van der Waals surface area contributed by atoms with Crippen LogP contribution >= 0.6 is 0 Å². The highest BCUT2D eigenvalue weighted by Gasteiger charge is 2.21. The summed E-state index contributed by atoms with van der Waals surface area (Å²) in [5.41, 5.74) is 4.70. The number of morpholine rings is 1. The molecule has 7 rings (SSSR count). The molecule has 0 bridgehead atoms. The van der Waals surface area contributed by atoms with E-state index in [-0.39, 0.29) is 5.69 Å². The van der Waals surface area contributed by atoms with E-state index in [1.807, 2.05) is 54.6 Å². The van der Waals surface area contributed by atoms with Gasteiger partial charge in [0, 0.05) is 24.0 Å². The van der Waals surface area contributed by atoms with Gasteiger partial charge in [-0.3, -0.25) is 0 Å². The minimum absolute atomic E-state index is 0.173. The van der Waals surface area contributed by atoms with Gasteiger partial charge in [-0.1, -0.05) is 30.3 Å². The third kappa shape index (κ3) is 4.31. The summed E-state index contributed by atoms with van der Waals surface area (Å²) in [7, 11) is 0. The Hall–Kier alpha value is -5.16. The molecule has 0 aliphatic carbocycles. The van der Waals surface area contributed by atoms with Crippen LogP contribution in [0.5, 0.6) is 0 Å². The molecule has 1 aliphatic heterocycles. The number of para-hydroxylation sites is 1. The van der Waals surface area contributed by atoms with Crippen molar-refractivity contribution >= 4 is 34.4 Å². The number of pyridine rings is 1. The number of aromatic amines is 1. The fourth-order valence-electron chi connectivity index (χ4n) is 4.97. The van der Waals surface area contributed by atoms with Crippen molar-refractivity contribution in [2.45, 2.75) is 0 Å². The van der Waals surface area contributed by atoms with E-state index in [0.717, 1.165) is 35.4 Å². The Morgan fingerprint density at radius 1 is 0.950 bits per heavy atom. The van der Waals surface area contributed by atoms with Crippen molar-refractivity contribution < 1.29 is 9.13 Å². The number of imidazole rings is 1. The van der Waals surface area contributed by atoms with E-state index in [2.05, 4.69) is 20.1 Å². The summed E-state index contributed by atoms with van der Waals surface area (Å²) >= 11 is 0. The molecule has 0 spiro atoms. The second-order valence-electron chi connectivity index (χ2n) is 9.36. The topological polar surface area (TPSA) is 106 Å². The van der Waals surface area contributed by atoms with Gasteiger partial charge in [0.05, 0.1) is 42.0 Å². The summed E-state index contributed by atoms with van der Waals surface area (Å²) in [5, 5.41) is 8.13.